The van der Waals surface area contributed by atoms with Gasteiger partial charge in [-0.15, -0.1) is 0 Å². The molecule has 0 spiro atoms. The zero-order valence-electron chi connectivity index (χ0n) is 34.5. The normalized spacial score (nSPS) is 11.5. The summed E-state index contributed by atoms with van der Waals surface area (Å²) in [7, 11) is 0. The number of para-hydroxylation sites is 4. The van der Waals surface area contributed by atoms with Crippen molar-refractivity contribution < 1.29 is 0 Å². The molecular formula is C60H41N3. The summed E-state index contributed by atoms with van der Waals surface area (Å²) < 4.78 is 4.82. The minimum absolute atomic E-state index is 1.09. The van der Waals surface area contributed by atoms with Crippen LogP contribution in [0, 0.1) is 0 Å². The number of aromatic nitrogens is 2. The van der Waals surface area contributed by atoms with Crippen LogP contribution < -0.4 is 4.90 Å². The maximum Gasteiger partial charge on any atom is 0.0640 e. The van der Waals surface area contributed by atoms with Crippen LogP contribution in [0.4, 0.5) is 17.1 Å². The third-order valence-electron chi connectivity index (χ3n) is 12.5. The minimum Gasteiger partial charge on any atom is -0.309 e. The summed E-state index contributed by atoms with van der Waals surface area (Å²) >= 11 is 0. The monoisotopic (exact) mass is 803 g/mol. The van der Waals surface area contributed by atoms with Crippen molar-refractivity contribution in [3.05, 3.63) is 249 Å². The Morgan fingerprint density at radius 3 is 1.35 bits per heavy atom. The molecule has 0 bridgehead atoms. The van der Waals surface area contributed by atoms with Crippen LogP contribution in [-0.2, 0) is 0 Å². The highest BCUT2D eigenvalue weighted by Crippen LogP contribution is 2.49. The molecule has 0 unspecified atom stereocenters. The van der Waals surface area contributed by atoms with E-state index in [1.165, 1.54) is 60.3 Å². The average molecular weight is 804 g/mol. The number of fused-ring (bicyclic) bond motifs is 6. The summed E-state index contributed by atoms with van der Waals surface area (Å²) in [5.74, 6) is 0. The van der Waals surface area contributed by atoms with E-state index < -0.39 is 0 Å². The lowest BCUT2D eigenvalue weighted by molar-refractivity contribution is 1.18. The van der Waals surface area contributed by atoms with E-state index in [0.717, 1.165) is 45.1 Å². The van der Waals surface area contributed by atoms with Crippen molar-refractivity contribution in [1.29, 1.82) is 0 Å². The summed E-state index contributed by atoms with van der Waals surface area (Å²) in [6.45, 7) is 0. The molecule has 2 heterocycles. The van der Waals surface area contributed by atoms with Gasteiger partial charge in [-0.1, -0.05) is 170 Å². The molecule has 0 saturated heterocycles. The van der Waals surface area contributed by atoms with Crippen LogP contribution in [0.3, 0.4) is 0 Å². The van der Waals surface area contributed by atoms with Gasteiger partial charge in [0.2, 0.25) is 0 Å². The maximum atomic E-state index is 2.47. The lowest BCUT2D eigenvalue weighted by Crippen LogP contribution is -2.12. The van der Waals surface area contributed by atoms with Gasteiger partial charge in [0.1, 0.15) is 0 Å². The number of anilines is 3. The van der Waals surface area contributed by atoms with Crippen LogP contribution in [0.25, 0.3) is 88.4 Å². The van der Waals surface area contributed by atoms with Gasteiger partial charge in [0, 0.05) is 49.9 Å². The van der Waals surface area contributed by atoms with Crippen LogP contribution in [0.15, 0.2) is 249 Å². The smallest absolute Gasteiger partial charge is 0.0640 e. The van der Waals surface area contributed by atoms with E-state index in [-0.39, 0.29) is 0 Å². The first kappa shape index (κ1) is 36.5. The van der Waals surface area contributed by atoms with Gasteiger partial charge in [-0.3, -0.25) is 0 Å². The second-order valence-corrected chi connectivity index (χ2v) is 16.1. The molecule has 296 valence electrons. The molecule has 0 atom stereocenters. The van der Waals surface area contributed by atoms with E-state index in [0.29, 0.717) is 0 Å². The van der Waals surface area contributed by atoms with E-state index in [1.54, 1.807) is 0 Å². The molecule has 12 rings (SSSR count). The van der Waals surface area contributed by atoms with Gasteiger partial charge in [0.25, 0.3) is 0 Å². The van der Waals surface area contributed by atoms with Gasteiger partial charge in [0.15, 0.2) is 0 Å². The zero-order valence-corrected chi connectivity index (χ0v) is 34.5. The number of hydrogen-bond donors (Lipinski definition) is 0. The molecule has 0 radical (unpaired) electrons. The Morgan fingerprint density at radius 1 is 0.270 bits per heavy atom. The molecule has 0 aliphatic carbocycles. The molecule has 0 aliphatic heterocycles. The van der Waals surface area contributed by atoms with Gasteiger partial charge in [-0.25, -0.2) is 0 Å². The lowest BCUT2D eigenvalue weighted by Gasteiger charge is -2.29. The van der Waals surface area contributed by atoms with Gasteiger partial charge < -0.3 is 14.0 Å². The number of nitrogens with zero attached hydrogens (tertiary/aromatic N) is 3. The highest BCUT2D eigenvalue weighted by Gasteiger charge is 2.25. The molecule has 0 saturated carbocycles. The summed E-state index contributed by atoms with van der Waals surface area (Å²) in [5.41, 5.74) is 17.4. The van der Waals surface area contributed by atoms with E-state index in [4.69, 9.17) is 0 Å². The Bertz CT molecular complexity index is 3570. The van der Waals surface area contributed by atoms with Crippen molar-refractivity contribution in [3.8, 4) is 44.8 Å². The summed E-state index contributed by atoms with van der Waals surface area (Å²) in [4.78, 5) is 2.47. The third kappa shape index (κ3) is 6.21. The highest BCUT2D eigenvalue weighted by molar-refractivity contribution is 6.20. The topological polar surface area (TPSA) is 13.1 Å². The first-order valence-electron chi connectivity index (χ1n) is 21.6. The fraction of sp³-hybridized carbons (Fsp3) is 0. The molecule has 0 amide bonds. The van der Waals surface area contributed by atoms with Crippen LogP contribution in [0.5, 0.6) is 0 Å². The Kier molecular flexibility index (Phi) is 8.83. The van der Waals surface area contributed by atoms with Crippen molar-refractivity contribution in [2.75, 3.05) is 4.90 Å². The van der Waals surface area contributed by atoms with E-state index in [9.17, 15) is 0 Å². The largest absolute Gasteiger partial charge is 0.309 e. The Balaban J connectivity index is 1.12. The minimum atomic E-state index is 1.09. The van der Waals surface area contributed by atoms with Crippen LogP contribution in [0.2, 0.25) is 0 Å². The predicted octanol–water partition coefficient (Wildman–Crippen LogP) is 16.4. The Hall–Kier alpha value is -8.40. The molecule has 0 aliphatic rings. The first-order chi connectivity index (χ1) is 31.3. The van der Waals surface area contributed by atoms with Crippen molar-refractivity contribution in [3.63, 3.8) is 0 Å². The Morgan fingerprint density at radius 2 is 0.698 bits per heavy atom. The first-order valence-corrected chi connectivity index (χ1v) is 21.6. The highest BCUT2D eigenvalue weighted by atomic mass is 15.2. The predicted molar refractivity (Wildman–Crippen MR) is 266 cm³/mol. The zero-order chi connectivity index (χ0) is 41.7. The molecule has 3 nitrogen and oxygen atoms in total. The molecule has 12 aromatic rings. The van der Waals surface area contributed by atoms with E-state index in [1.807, 2.05) is 0 Å². The van der Waals surface area contributed by atoms with Crippen molar-refractivity contribution in [1.82, 2.24) is 9.13 Å². The van der Waals surface area contributed by atoms with E-state index >= 15 is 0 Å². The quantitative estimate of drug-likeness (QED) is 0.149. The van der Waals surface area contributed by atoms with Crippen LogP contribution in [-0.4, -0.2) is 9.13 Å². The van der Waals surface area contributed by atoms with Gasteiger partial charge in [0.05, 0.1) is 27.8 Å². The van der Waals surface area contributed by atoms with Crippen molar-refractivity contribution in [2.45, 2.75) is 0 Å². The molecule has 3 heteroatoms. The molecule has 0 fully saturated rings. The summed E-state index contributed by atoms with van der Waals surface area (Å²) in [6, 6.07) is 90.2. The molecule has 2 aromatic heterocycles. The van der Waals surface area contributed by atoms with Gasteiger partial charge in [-0.05, 0) is 107 Å². The molecule has 10 aromatic carbocycles. The van der Waals surface area contributed by atoms with Crippen LogP contribution >= 0.6 is 0 Å². The third-order valence-corrected chi connectivity index (χ3v) is 12.5. The lowest BCUT2D eigenvalue weighted by atomic mass is 9.96. The second kappa shape index (κ2) is 15.3. The van der Waals surface area contributed by atoms with Gasteiger partial charge >= 0.3 is 0 Å². The molecule has 63 heavy (non-hydrogen) atoms. The van der Waals surface area contributed by atoms with Crippen LogP contribution in [0.1, 0.15) is 0 Å². The van der Waals surface area contributed by atoms with Gasteiger partial charge in [-0.2, -0.15) is 0 Å². The molecule has 0 N–H and O–H groups in total. The summed E-state index contributed by atoms with van der Waals surface area (Å²) in [5, 5.41) is 4.84. The fourth-order valence-corrected chi connectivity index (χ4v) is 9.63. The van der Waals surface area contributed by atoms with Crippen molar-refractivity contribution in [2.24, 2.45) is 0 Å². The SMILES string of the molecule is c1ccc(-c2ccc(N(c3ccccc3)c3c(-c4ccc5c(c4)c4ccccc4n5-c4ccc(-c5ccccc5)cc4)ccc4c3c3ccccc3n4-c3ccccc3)cc2)cc1. The average Bonchev–Trinajstić information content (AvgIpc) is 3.88. The number of rotatable bonds is 8. The summed E-state index contributed by atoms with van der Waals surface area (Å²) in [6.07, 6.45) is 0. The standard InChI is InChI=1S/C60H41N3/c1-5-17-42(18-6-1)44-29-34-49(35-30-44)61(47-21-9-3-10-22-47)60-51(38-40-58-59(60)53-26-14-16-28-56(53)63(58)48-23-11-4-12-24-48)46-33-39-57-54(41-46)52-25-13-15-27-55(52)62(57)50-36-31-45(32-37-50)43-19-7-2-8-20-43/h1-41H. The molecular weight excluding hydrogens is 763 g/mol. The number of hydrogen-bond acceptors (Lipinski definition) is 1. The maximum absolute atomic E-state index is 2.47. The van der Waals surface area contributed by atoms with Crippen molar-refractivity contribution >= 4 is 60.7 Å². The number of benzene rings is 10. The van der Waals surface area contributed by atoms with E-state index in [2.05, 4.69) is 263 Å². The fourth-order valence-electron chi connectivity index (χ4n) is 9.63. The second-order valence-electron chi connectivity index (χ2n) is 16.1. The Labute approximate surface area is 366 Å².